The lowest BCUT2D eigenvalue weighted by Crippen LogP contribution is -1.94. The lowest BCUT2D eigenvalue weighted by Gasteiger charge is -2.09. The van der Waals surface area contributed by atoms with E-state index in [2.05, 4.69) is 129 Å². The van der Waals surface area contributed by atoms with Gasteiger partial charge in [-0.1, -0.05) is 115 Å². The molecule has 0 aliphatic heterocycles. The molecule has 0 spiro atoms. The van der Waals surface area contributed by atoms with Gasteiger partial charge in [0.05, 0.1) is 11.0 Å². The Bertz CT molecular complexity index is 2880. The van der Waals surface area contributed by atoms with E-state index in [9.17, 15) is 0 Å². The molecule has 8 aromatic rings. The zero-order chi connectivity index (χ0) is 37.4. The maximum absolute atomic E-state index is 6.62. The normalized spacial score (nSPS) is 12.9. The molecule has 2 heterocycles. The van der Waals surface area contributed by atoms with Crippen molar-refractivity contribution in [3.8, 4) is 16.8 Å². The van der Waals surface area contributed by atoms with E-state index < -0.39 is 0 Å². The summed E-state index contributed by atoms with van der Waals surface area (Å²) in [6.07, 6.45) is 20.7. The van der Waals surface area contributed by atoms with Crippen molar-refractivity contribution in [3.05, 3.63) is 199 Å². The minimum Gasteiger partial charge on any atom is -0.456 e. The molecule has 0 aliphatic rings. The van der Waals surface area contributed by atoms with E-state index in [4.69, 9.17) is 4.42 Å². The van der Waals surface area contributed by atoms with Crippen LogP contribution in [0.4, 0.5) is 0 Å². The van der Waals surface area contributed by atoms with Crippen LogP contribution in [0.1, 0.15) is 23.8 Å². The molecule has 0 saturated heterocycles. The molecule has 55 heavy (non-hydrogen) atoms. The van der Waals surface area contributed by atoms with Crippen LogP contribution in [0.3, 0.4) is 0 Å². The molecule has 0 radical (unpaired) electrons. The Morgan fingerprint density at radius 3 is 2.16 bits per heavy atom. The van der Waals surface area contributed by atoms with E-state index in [0.717, 1.165) is 38.8 Å². The van der Waals surface area contributed by atoms with Gasteiger partial charge in [-0.25, -0.2) is 9.98 Å². The average Bonchev–Trinajstić information content (AvgIpc) is 3.74. The van der Waals surface area contributed by atoms with Gasteiger partial charge in [-0.05, 0) is 96.2 Å². The Hall–Kier alpha value is -7.37. The minimum absolute atomic E-state index is 0.542. The number of fused-ring (bicyclic) bond motifs is 5. The van der Waals surface area contributed by atoms with Crippen LogP contribution in [0.25, 0.3) is 72.5 Å². The van der Waals surface area contributed by atoms with Crippen molar-refractivity contribution in [2.75, 3.05) is 0 Å². The summed E-state index contributed by atoms with van der Waals surface area (Å²) in [6, 6.07) is 46.7. The smallest absolute Gasteiger partial charge is 0.158 e. The lowest BCUT2D eigenvalue weighted by molar-refractivity contribution is 0.603. The van der Waals surface area contributed by atoms with Gasteiger partial charge in [-0.3, -0.25) is 4.99 Å². The zero-order valence-corrected chi connectivity index (χ0v) is 30.5. The molecule has 0 aliphatic carbocycles. The van der Waals surface area contributed by atoms with E-state index in [1.165, 1.54) is 32.7 Å². The van der Waals surface area contributed by atoms with E-state index >= 15 is 0 Å². The fourth-order valence-corrected chi connectivity index (χ4v) is 6.90. The average molecular weight is 711 g/mol. The number of furan rings is 1. The summed E-state index contributed by atoms with van der Waals surface area (Å²) in [7, 11) is 0. The molecule has 0 N–H and O–H groups in total. The summed E-state index contributed by atoms with van der Waals surface area (Å²) < 4.78 is 8.96. The summed E-state index contributed by atoms with van der Waals surface area (Å²) in [5, 5.41) is 5.76. The molecule has 6 aromatic carbocycles. The first-order valence-corrected chi connectivity index (χ1v) is 18.2. The summed E-state index contributed by atoms with van der Waals surface area (Å²) in [5.74, 6) is 1.23. The molecule has 5 heteroatoms. The molecule has 0 bridgehead atoms. The highest BCUT2D eigenvalue weighted by atomic mass is 16.3. The van der Waals surface area contributed by atoms with Gasteiger partial charge in [0, 0.05) is 57.7 Å². The van der Waals surface area contributed by atoms with Crippen molar-refractivity contribution < 1.29 is 4.42 Å². The van der Waals surface area contributed by atoms with E-state index in [1.54, 1.807) is 18.6 Å². The van der Waals surface area contributed by atoms with Crippen LogP contribution in [0.15, 0.2) is 202 Å². The summed E-state index contributed by atoms with van der Waals surface area (Å²) in [6.45, 7) is 5.73. The number of benzene rings is 6. The maximum atomic E-state index is 6.62. The van der Waals surface area contributed by atoms with Crippen molar-refractivity contribution in [3.63, 3.8) is 0 Å². The fourth-order valence-electron chi connectivity index (χ4n) is 6.90. The van der Waals surface area contributed by atoms with Gasteiger partial charge in [0.25, 0.3) is 0 Å². The number of amidine groups is 1. The monoisotopic (exact) mass is 710 g/mol. The number of rotatable bonds is 10. The van der Waals surface area contributed by atoms with Gasteiger partial charge in [-0.2, -0.15) is 0 Å². The highest BCUT2D eigenvalue weighted by Crippen LogP contribution is 2.38. The van der Waals surface area contributed by atoms with E-state index in [0.29, 0.717) is 11.6 Å². The van der Waals surface area contributed by atoms with Crippen molar-refractivity contribution >= 4 is 74.5 Å². The first-order valence-electron chi connectivity index (χ1n) is 18.2. The Balaban J connectivity index is 1.25. The maximum Gasteiger partial charge on any atom is 0.158 e. The van der Waals surface area contributed by atoms with Gasteiger partial charge in [0.15, 0.2) is 5.84 Å². The molecule has 264 valence electrons. The van der Waals surface area contributed by atoms with Crippen LogP contribution in [0, 0.1) is 0 Å². The third kappa shape index (κ3) is 7.32. The number of hydrogen-bond acceptors (Lipinski definition) is 3. The molecule has 5 nitrogen and oxygen atoms in total. The third-order valence-electron chi connectivity index (χ3n) is 9.48. The van der Waals surface area contributed by atoms with Crippen LogP contribution in [0.2, 0.25) is 0 Å². The van der Waals surface area contributed by atoms with Crippen molar-refractivity contribution in [1.29, 1.82) is 0 Å². The highest BCUT2D eigenvalue weighted by Gasteiger charge is 2.17. The molecular formula is C50H38N4O. The van der Waals surface area contributed by atoms with Crippen molar-refractivity contribution in [1.82, 2.24) is 4.57 Å². The van der Waals surface area contributed by atoms with E-state index in [1.807, 2.05) is 85.9 Å². The van der Waals surface area contributed by atoms with Crippen LogP contribution < -0.4 is 0 Å². The first-order chi connectivity index (χ1) is 27.2. The summed E-state index contributed by atoms with van der Waals surface area (Å²) in [4.78, 5) is 13.2. The lowest BCUT2D eigenvalue weighted by atomic mass is 10.0. The fraction of sp³-hybridized carbons (Fsp3) is 0.0200. The SMILES string of the molecule is C=NC(=N/C=C\c1c(/C=C/C=N/C=C\C=C/C=C/C)oc2cc(-n3c4ccc(-c5ccccc5)cc4c4cc5ccccc5cc43)ccc12)c1ccccc1. The molecule has 0 fully saturated rings. The van der Waals surface area contributed by atoms with Crippen molar-refractivity contribution in [2.24, 2.45) is 15.0 Å². The predicted molar refractivity (Wildman–Crippen MR) is 236 cm³/mol. The first kappa shape index (κ1) is 34.7. The summed E-state index contributed by atoms with van der Waals surface area (Å²) in [5.41, 5.74) is 8.19. The Labute approximate surface area is 320 Å². The predicted octanol–water partition coefficient (Wildman–Crippen LogP) is 13.2. The zero-order valence-electron chi connectivity index (χ0n) is 30.5. The number of aliphatic imine (C=N–C) groups is 3. The third-order valence-corrected chi connectivity index (χ3v) is 9.48. The molecule has 0 saturated carbocycles. The minimum atomic E-state index is 0.542. The van der Waals surface area contributed by atoms with Gasteiger partial charge in [-0.15, -0.1) is 0 Å². The Morgan fingerprint density at radius 2 is 1.36 bits per heavy atom. The van der Waals surface area contributed by atoms with Crippen LogP contribution in [-0.4, -0.2) is 23.3 Å². The number of allylic oxidation sites excluding steroid dienone is 6. The summed E-state index contributed by atoms with van der Waals surface area (Å²) >= 11 is 0. The standard InChI is InChI=1S/C50H38N4O/c1-3-4-5-6-15-29-52-30-16-23-48-43(28-31-53-50(51-2)37-19-11-8-12-20-37)42-26-25-41(35-49(42)55-48)54-46-27-24-40(36-17-9-7-10-18-36)33-44(46)45-32-38-21-13-14-22-39(38)34-47(45)54/h3-35H,2H2,1H3/b4-3+,6-5-,23-16+,29-15-,31-28-,52-30+,53-50?. The number of aromatic nitrogens is 1. The highest BCUT2D eigenvalue weighted by molar-refractivity contribution is 6.14. The van der Waals surface area contributed by atoms with Crippen molar-refractivity contribution in [2.45, 2.75) is 6.92 Å². The van der Waals surface area contributed by atoms with Gasteiger partial charge >= 0.3 is 0 Å². The molecule has 2 aromatic heterocycles. The second-order valence-corrected chi connectivity index (χ2v) is 12.9. The second-order valence-electron chi connectivity index (χ2n) is 12.9. The van der Waals surface area contributed by atoms with E-state index in [-0.39, 0.29) is 0 Å². The van der Waals surface area contributed by atoms with Gasteiger partial charge in [0.2, 0.25) is 0 Å². The van der Waals surface area contributed by atoms with Gasteiger partial charge in [0.1, 0.15) is 11.3 Å². The topological polar surface area (TPSA) is 55.1 Å². The number of hydrogen-bond donors (Lipinski definition) is 0. The molecule has 8 rings (SSSR count). The molecular weight excluding hydrogens is 673 g/mol. The molecule has 0 atom stereocenters. The Morgan fingerprint density at radius 1 is 0.618 bits per heavy atom. The van der Waals surface area contributed by atoms with Crippen LogP contribution >= 0.6 is 0 Å². The van der Waals surface area contributed by atoms with Crippen LogP contribution in [0.5, 0.6) is 0 Å². The quantitative estimate of drug-likeness (QED) is 0.0792. The second kappa shape index (κ2) is 16.1. The Kier molecular flexibility index (Phi) is 10.2. The largest absolute Gasteiger partial charge is 0.456 e. The van der Waals surface area contributed by atoms with Gasteiger partial charge < -0.3 is 8.98 Å². The number of nitrogens with zero attached hydrogens (tertiary/aromatic N) is 4. The van der Waals surface area contributed by atoms with Crippen LogP contribution in [-0.2, 0) is 0 Å². The molecule has 0 unspecified atom stereocenters. The molecule has 0 amide bonds.